The van der Waals surface area contributed by atoms with Crippen molar-refractivity contribution >= 4 is 17.3 Å². The van der Waals surface area contributed by atoms with E-state index in [1.165, 1.54) is 18.9 Å². The van der Waals surface area contributed by atoms with Gasteiger partial charge in [-0.15, -0.1) is 11.6 Å². The molecule has 3 heteroatoms. The van der Waals surface area contributed by atoms with Crippen LogP contribution < -0.4 is 4.90 Å². The van der Waals surface area contributed by atoms with Gasteiger partial charge in [0.15, 0.2) is 0 Å². The lowest BCUT2D eigenvalue weighted by Gasteiger charge is -2.42. The van der Waals surface area contributed by atoms with Crippen molar-refractivity contribution in [1.82, 2.24) is 0 Å². The minimum atomic E-state index is -0.140. The molecule has 1 saturated heterocycles. The Bertz CT molecular complexity index is 419. The van der Waals surface area contributed by atoms with Gasteiger partial charge in [-0.1, -0.05) is 38.8 Å². The van der Waals surface area contributed by atoms with Crippen LogP contribution >= 0.6 is 11.6 Å². The van der Waals surface area contributed by atoms with Gasteiger partial charge in [0.2, 0.25) is 0 Å². The molecule has 0 N–H and O–H groups in total. The first-order valence-electron chi connectivity index (χ1n) is 7.24. The molecule has 1 fully saturated rings. The van der Waals surface area contributed by atoms with Crippen molar-refractivity contribution in [3.63, 3.8) is 0 Å². The monoisotopic (exact) mass is 283 g/mol. The fraction of sp³-hybridized carbons (Fsp3) is 0.625. The van der Waals surface area contributed by atoms with E-state index in [4.69, 9.17) is 11.6 Å². The highest BCUT2D eigenvalue weighted by Crippen LogP contribution is 2.40. The SMILES string of the molecule is CCC1(CC)CCN(c2c(F)cccc2CCl)CC1. The molecular weight excluding hydrogens is 261 g/mol. The quantitative estimate of drug-likeness (QED) is 0.705. The number of piperidine rings is 1. The number of benzene rings is 1. The Morgan fingerprint density at radius 3 is 2.37 bits per heavy atom. The third-order valence-electron chi connectivity index (χ3n) is 4.85. The number of hydrogen-bond acceptors (Lipinski definition) is 1. The molecular formula is C16H23ClFN. The molecule has 0 radical (unpaired) electrons. The maximum atomic E-state index is 14.1. The van der Waals surface area contributed by atoms with E-state index in [1.807, 2.05) is 6.07 Å². The van der Waals surface area contributed by atoms with Crippen LogP contribution in [0.15, 0.2) is 18.2 Å². The number of anilines is 1. The maximum absolute atomic E-state index is 14.1. The largest absolute Gasteiger partial charge is 0.369 e. The molecule has 0 aromatic heterocycles. The van der Waals surface area contributed by atoms with Gasteiger partial charge in [-0.2, -0.15) is 0 Å². The third kappa shape index (κ3) is 2.89. The zero-order valence-corrected chi connectivity index (χ0v) is 12.6. The standard InChI is InChI=1S/C16H23ClFN/c1-3-16(4-2)8-10-19(11-9-16)15-13(12-17)6-5-7-14(15)18/h5-7H,3-4,8-12H2,1-2H3. The summed E-state index contributed by atoms with van der Waals surface area (Å²) >= 11 is 5.94. The van der Waals surface area contributed by atoms with Crippen LogP contribution in [0, 0.1) is 11.2 Å². The fourth-order valence-corrected chi connectivity index (χ4v) is 3.40. The minimum Gasteiger partial charge on any atom is -0.369 e. The van der Waals surface area contributed by atoms with Gasteiger partial charge in [-0.3, -0.25) is 0 Å². The summed E-state index contributed by atoms with van der Waals surface area (Å²) in [7, 11) is 0. The molecule has 0 bridgehead atoms. The molecule has 1 aliphatic heterocycles. The highest BCUT2D eigenvalue weighted by atomic mass is 35.5. The maximum Gasteiger partial charge on any atom is 0.146 e. The molecule has 1 aliphatic rings. The normalized spacial score (nSPS) is 18.6. The molecule has 1 aromatic rings. The van der Waals surface area contributed by atoms with Crippen molar-refractivity contribution in [2.45, 2.75) is 45.4 Å². The number of hydrogen-bond donors (Lipinski definition) is 0. The molecule has 0 saturated carbocycles. The second-order valence-corrected chi connectivity index (χ2v) is 5.84. The lowest BCUT2D eigenvalue weighted by atomic mass is 9.74. The summed E-state index contributed by atoms with van der Waals surface area (Å²) in [5, 5.41) is 0. The van der Waals surface area contributed by atoms with Crippen molar-refractivity contribution in [1.29, 1.82) is 0 Å². The van der Waals surface area contributed by atoms with Gasteiger partial charge in [0.25, 0.3) is 0 Å². The predicted octanol–water partition coefficient (Wildman–Crippen LogP) is 4.97. The highest BCUT2D eigenvalue weighted by Gasteiger charge is 2.32. The van der Waals surface area contributed by atoms with Crippen LogP contribution in [0.25, 0.3) is 0 Å². The first kappa shape index (κ1) is 14.6. The van der Waals surface area contributed by atoms with Crippen molar-refractivity contribution in [2.75, 3.05) is 18.0 Å². The van der Waals surface area contributed by atoms with E-state index in [9.17, 15) is 4.39 Å². The fourth-order valence-electron chi connectivity index (χ4n) is 3.18. The molecule has 106 valence electrons. The van der Waals surface area contributed by atoms with Crippen molar-refractivity contribution < 1.29 is 4.39 Å². The summed E-state index contributed by atoms with van der Waals surface area (Å²) in [6.45, 7) is 6.41. The number of para-hydroxylation sites is 1. The molecule has 0 unspecified atom stereocenters. The number of halogens is 2. The molecule has 1 heterocycles. The van der Waals surface area contributed by atoms with Gasteiger partial charge in [-0.05, 0) is 29.9 Å². The van der Waals surface area contributed by atoms with Gasteiger partial charge in [0, 0.05) is 19.0 Å². The zero-order valence-electron chi connectivity index (χ0n) is 11.9. The lowest BCUT2D eigenvalue weighted by molar-refractivity contribution is 0.199. The molecule has 1 nitrogen and oxygen atoms in total. The predicted molar refractivity (Wildman–Crippen MR) is 80.4 cm³/mol. The van der Waals surface area contributed by atoms with Crippen molar-refractivity contribution in [3.8, 4) is 0 Å². The summed E-state index contributed by atoms with van der Waals surface area (Å²) in [6, 6.07) is 5.20. The number of rotatable bonds is 4. The lowest BCUT2D eigenvalue weighted by Crippen LogP contribution is -2.40. The van der Waals surface area contributed by atoms with Crippen molar-refractivity contribution in [3.05, 3.63) is 29.6 Å². The molecule has 0 aliphatic carbocycles. The van der Waals surface area contributed by atoms with Gasteiger partial charge < -0.3 is 4.90 Å². The van der Waals surface area contributed by atoms with E-state index in [1.54, 1.807) is 6.07 Å². The van der Waals surface area contributed by atoms with Crippen LogP contribution in [0.1, 0.15) is 45.1 Å². The summed E-state index contributed by atoms with van der Waals surface area (Å²) in [6.07, 6.45) is 4.74. The van der Waals surface area contributed by atoms with Gasteiger partial charge in [0.05, 0.1) is 5.69 Å². The van der Waals surface area contributed by atoms with Gasteiger partial charge in [-0.25, -0.2) is 4.39 Å². The van der Waals surface area contributed by atoms with Crippen LogP contribution in [0.4, 0.5) is 10.1 Å². The highest BCUT2D eigenvalue weighted by molar-refractivity contribution is 6.17. The van der Waals surface area contributed by atoms with Gasteiger partial charge >= 0.3 is 0 Å². The van der Waals surface area contributed by atoms with E-state index in [2.05, 4.69) is 18.7 Å². The molecule has 0 atom stereocenters. The first-order chi connectivity index (χ1) is 9.15. The van der Waals surface area contributed by atoms with E-state index in [-0.39, 0.29) is 5.82 Å². The Kier molecular flexibility index (Phi) is 4.72. The Labute approximate surface area is 120 Å². The average molecular weight is 284 g/mol. The molecule has 0 spiro atoms. The Morgan fingerprint density at radius 2 is 1.84 bits per heavy atom. The van der Waals surface area contributed by atoms with Crippen LogP contribution in [0.5, 0.6) is 0 Å². The third-order valence-corrected chi connectivity index (χ3v) is 5.14. The second-order valence-electron chi connectivity index (χ2n) is 5.58. The van der Waals surface area contributed by atoms with Gasteiger partial charge in [0.1, 0.15) is 5.82 Å². The smallest absolute Gasteiger partial charge is 0.146 e. The van der Waals surface area contributed by atoms with Crippen LogP contribution in [0.2, 0.25) is 0 Å². The minimum absolute atomic E-state index is 0.140. The number of nitrogens with zero attached hydrogens (tertiary/aromatic N) is 1. The summed E-state index contributed by atoms with van der Waals surface area (Å²) in [5.41, 5.74) is 2.09. The Morgan fingerprint density at radius 1 is 1.21 bits per heavy atom. The van der Waals surface area contributed by atoms with E-state index < -0.39 is 0 Å². The molecule has 1 aromatic carbocycles. The number of alkyl halides is 1. The summed E-state index contributed by atoms with van der Waals surface area (Å²) < 4.78 is 14.1. The molecule has 2 rings (SSSR count). The Hall–Kier alpha value is -0.760. The van der Waals surface area contributed by atoms with E-state index in [0.29, 0.717) is 11.3 Å². The van der Waals surface area contributed by atoms with E-state index in [0.717, 1.165) is 37.2 Å². The van der Waals surface area contributed by atoms with Crippen LogP contribution in [-0.2, 0) is 5.88 Å². The summed E-state index contributed by atoms with van der Waals surface area (Å²) in [4.78, 5) is 2.18. The molecule has 0 amide bonds. The molecule has 19 heavy (non-hydrogen) atoms. The van der Waals surface area contributed by atoms with Crippen molar-refractivity contribution in [2.24, 2.45) is 5.41 Å². The van der Waals surface area contributed by atoms with Crippen LogP contribution in [0.3, 0.4) is 0 Å². The average Bonchev–Trinajstić information content (AvgIpc) is 2.47. The van der Waals surface area contributed by atoms with E-state index >= 15 is 0 Å². The second kappa shape index (κ2) is 6.13. The zero-order chi connectivity index (χ0) is 13.9. The Balaban J connectivity index is 2.18. The summed E-state index contributed by atoms with van der Waals surface area (Å²) in [5.74, 6) is 0.231. The topological polar surface area (TPSA) is 3.24 Å². The first-order valence-corrected chi connectivity index (χ1v) is 7.77. The van der Waals surface area contributed by atoms with Crippen LogP contribution in [-0.4, -0.2) is 13.1 Å².